The number of nitrogens with zero attached hydrogens (tertiary/aromatic N) is 1. The molecule has 3 amide bonds. The Bertz CT molecular complexity index is 1050. The van der Waals surface area contributed by atoms with Crippen LogP contribution in [0.15, 0.2) is 48.5 Å². The number of urea groups is 1. The molecule has 1 heterocycles. The van der Waals surface area contributed by atoms with Crippen molar-refractivity contribution >= 4 is 23.0 Å². The second-order valence-corrected chi connectivity index (χ2v) is 8.26. The lowest BCUT2D eigenvalue weighted by Crippen LogP contribution is -2.51. The zero-order valence-corrected chi connectivity index (χ0v) is 18.1. The number of ether oxygens (including phenoxy) is 1. The van der Waals surface area contributed by atoms with Gasteiger partial charge in [-0.15, -0.1) is 0 Å². The maximum absolute atomic E-state index is 12.9. The molecule has 3 atom stereocenters. The smallest absolute Gasteiger partial charge is 0.315 e. The first kappa shape index (κ1) is 21.7. The number of nitrogens with two attached hydrogens (primary N) is 1. The molecule has 5 N–H and O–H groups in total. The molecule has 1 aromatic heterocycles. The summed E-state index contributed by atoms with van der Waals surface area (Å²) in [5.74, 6) is 0.754. The van der Waals surface area contributed by atoms with E-state index < -0.39 is 0 Å². The van der Waals surface area contributed by atoms with Crippen LogP contribution in [0, 0.1) is 5.92 Å². The SMILES string of the molecule is COc1ccc(C[C@@H](NC(=O)N[C@@H]2CCCC[C@H]2C(N)=O)c2nc3ccccc3[nH]2)cc1. The van der Waals surface area contributed by atoms with Crippen molar-refractivity contribution in [2.75, 3.05) is 7.11 Å². The zero-order valence-electron chi connectivity index (χ0n) is 18.1. The highest BCUT2D eigenvalue weighted by Gasteiger charge is 2.31. The van der Waals surface area contributed by atoms with E-state index in [1.807, 2.05) is 48.5 Å². The number of aromatic nitrogens is 2. The van der Waals surface area contributed by atoms with Gasteiger partial charge in [0.1, 0.15) is 11.6 Å². The molecule has 0 unspecified atom stereocenters. The van der Waals surface area contributed by atoms with Crippen molar-refractivity contribution < 1.29 is 14.3 Å². The van der Waals surface area contributed by atoms with Gasteiger partial charge in [-0.25, -0.2) is 9.78 Å². The standard InChI is InChI=1S/C24H29N5O3/c1-32-16-12-10-15(11-13-16)14-21(23-26-19-8-4-5-9-20(19)27-23)29-24(31)28-18-7-3-2-6-17(18)22(25)30/h4-5,8-13,17-18,21H,2-3,6-7,14H2,1H3,(H2,25,30)(H,26,27)(H2,28,29,31)/t17-,18-,21-/m1/s1. The van der Waals surface area contributed by atoms with Gasteiger partial charge in [-0.1, -0.05) is 37.1 Å². The van der Waals surface area contributed by atoms with Crippen LogP contribution in [-0.4, -0.2) is 35.1 Å². The molecule has 1 aliphatic rings. The summed E-state index contributed by atoms with van der Waals surface area (Å²) in [6.45, 7) is 0. The van der Waals surface area contributed by atoms with Gasteiger partial charge in [0.25, 0.3) is 0 Å². The molecule has 3 aromatic rings. The fourth-order valence-corrected chi connectivity index (χ4v) is 4.36. The fourth-order valence-electron chi connectivity index (χ4n) is 4.36. The van der Waals surface area contributed by atoms with Gasteiger partial charge >= 0.3 is 6.03 Å². The van der Waals surface area contributed by atoms with Crippen LogP contribution < -0.4 is 21.1 Å². The Morgan fingerprint density at radius 2 is 1.91 bits per heavy atom. The summed E-state index contributed by atoms with van der Waals surface area (Å²) >= 11 is 0. The Labute approximate surface area is 186 Å². The zero-order chi connectivity index (χ0) is 22.5. The number of rotatable bonds is 7. The number of primary amides is 1. The third kappa shape index (κ3) is 5.01. The summed E-state index contributed by atoms with van der Waals surface area (Å²) in [6.07, 6.45) is 3.91. The summed E-state index contributed by atoms with van der Waals surface area (Å²) in [4.78, 5) is 32.8. The molecule has 0 aliphatic heterocycles. The predicted octanol–water partition coefficient (Wildman–Crippen LogP) is 3.20. The minimum atomic E-state index is -0.383. The van der Waals surface area contributed by atoms with Gasteiger partial charge < -0.3 is 26.1 Å². The number of hydrogen-bond acceptors (Lipinski definition) is 4. The summed E-state index contributed by atoms with van der Waals surface area (Å²) in [6, 6.07) is 14.5. The second-order valence-electron chi connectivity index (χ2n) is 8.26. The maximum Gasteiger partial charge on any atom is 0.315 e. The highest BCUT2D eigenvalue weighted by molar-refractivity contribution is 5.80. The van der Waals surface area contributed by atoms with Gasteiger partial charge in [-0.05, 0) is 49.1 Å². The number of carbonyl (C=O) groups excluding carboxylic acids is 2. The average molecular weight is 436 g/mol. The van der Waals surface area contributed by atoms with E-state index in [9.17, 15) is 9.59 Å². The Kier molecular flexibility index (Phi) is 6.58. The van der Waals surface area contributed by atoms with E-state index in [4.69, 9.17) is 10.5 Å². The number of imidazole rings is 1. The van der Waals surface area contributed by atoms with E-state index >= 15 is 0 Å². The van der Waals surface area contributed by atoms with E-state index in [0.717, 1.165) is 41.6 Å². The molecule has 0 radical (unpaired) electrons. The molecule has 0 bridgehead atoms. The number of carbonyl (C=O) groups is 2. The van der Waals surface area contributed by atoms with Crippen LogP contribution >= 0.6 is 0 Å². The molecule has 0 spiro atoms. The van der Waals surface area contributed by atoms with Crippen molar-refractivity contribution in [3.05, 3.63) is 59.9 Å². The largest absolute Gasteiger partial charge is 0.497 e. The summed E-state index contributed by atoms with van der Waals surface area (Å²) in [7, 11) is 1.63. The third-order valence-electron chi connectivity index (χ3n) is 6.09. The highest BCUT2D eigenvalue weighted by atomic mass is 16.5. The Morgan fingerprint density at radius 1 is 1.16 bits per heavy atom. The number of hydrogen-bond donors (Lipinski definition) is 4. The topological polar surface area (TPSA) is 122 Å². The quantitative estimate of drug-likeness (QED) is 0.455. The predicted molar refractivity (Wildman–Crippen MR) is 122 cm³/mol. The number of H-pyrrole nitrogens is 1. The molecule has 8 heteroatoms. The van der Waals surface area contributed by atoms with Crippen LogP contribution in [0.4, 0.5) is 4.79 Å². The van der Waals surface area contributed by atoms with E-state index in [0.29, 0.717) is 18.7 Å². The summed E-state index contributed by atoms with van der Waals surface area (Å²) < 4.78 is 5.24. The Balaban J connectivity index is 1.53. The van der Waals surface area contributed by atoms with Gasteiger partial charge in [-0.3, -0.25) is 4.79 Å². The minimum absolute atomic E-state index is 0.251. The van der Waals surface area contributed by atoms with Crippen LogP contribution in [-0.2, 0) is 11.2 Å². The fraction of sp³-hybridized carbons (Fsp3) is 0.375. The van der Waals surface area contributed by atoms with Crippen molar-refractivity contribution in [1.29, 1.82) is 0 Å². The van der Waals surface area contributed by atoms with Crippen molar-refractivity contribution in [2.45, 2.75) is 44.2 Å². The summed E-state index contributed by atoms with van der Waals surface area (Å²) in [5, 5.41) is 6.03. The molecule has 1 saturated carbocycles. The lowest BCUT2D eigenvalue weighted by Gasteiger charge is -2.30. The molecule has 0 saturated heterocycles. The third-order valence-corrected chi connectivity index (χ3v) is 6.09. The maximum atomic E-state index is 12.9. The first-order valence-electron chi connectivity index (χ1n) is 11.0. The van der Waals surface area contributed by atoms with Crippen LogP contribution in [0.3, 0.4) is 0 Å². The van der Waals surface area contributed by atoms with Crippen molar-refractivity contribution in [1.82, 2.24) is 20.6 Å². The second kappa shape index (κ2) is 9.72. The number of para-hydroxylation sites is 2. The molecule has 2 aromatic carbocycles. The minimum Gasteiger partial charge on any atom is -0.497 e. The number of aromatic amines is 1. The van der Waals surface area contributed by atoms with Gasteiger partial charge in [0.2, 0.25) is 5.91 Å². The number of benzene rings is 2. The molecule has 168 valence electrons. The number of fused-ring (bicyclic) bond motifs is 1. The molecule has 4 rings (SSSR count). The van der Waals surface area contributed by atoms with Crippen LogP contribution in [0.1, 0.15) is 43.1 Å². The van der Waals surface area contributed by atoms with Crippen molar-refractivity contribution in [3.8, 4) is 5.75 Å². The van der Waals surface area contributed by atoms with E-state index in [1.54, 1.807) is 7.11 Å². The van der Waals surface area contributed by atoms with Gasteiger partial charge in [-0.2, -0.15) is 0 Å². The van der Waals surface area contributed by atoms with Crippen LogP contribution in [0.25, 0.3) is 11.0 Å². The van der Waals surface area contributed by atoms with E-state index in [-0.39, 0.29) is 29.9 Å². The van der Waals surface area contributed by atoms with Crippen molar-refractivity contribution in [3.63, 3.8) is 0 Å². The first-order chi connectivity index (χ1) is 15.5. The number of nitrogens with one attached hydrogen (secondary N) is 3. The molecule has 32 heavy (non-hydrogen) atoms. The highest BCUT2D eigenvalue weighted by Crippen LogP contribution is 2.25. The van der Waals surface area contributed by atoms with Gasteiger partial charge in [0.05, 0.1) is 30.1 Å². The van der Waals surface area contributed by atoms with E-state index in [1.165, 1.54) is 0 Å². The van der Waals surface area contributed by atoms with Gasteiger partial charge in [0, 0.05) is 6.04 Å². The van der Waals surface area contributed by atoms with Crippen LogP contribution in [0.2, 0.25) is 0 Å². The summed E-state index contributed by atoms with van der Waals surface area (Å²) in [5.41, 5.74) is 8.34. The lowest BCUT2D eigenvalue weighted by atomic mass is 9.84. The average Bonchev–Trinajstić information content (AvgIpc) is 3.24. The van der Waals surface area contributed by atoms with E-state index in [2.05, 4.69) is 20.6 Å². The molecule has 1 aliphatic carbocycles. The van der Waals surface area contributed by atoms with Crippen LogP contribution in [0.5, 0.6) is 5.75 Å². The molecular formula is C24H29N5O3. The first-order valence-corrected chi connectivity index (χ1v) is 11.0. The Hall–Kier alpha value is -3.55. The normalized spacial score (nSPS) is 19.3. The number of amides is 3. The lowest BCUT2D eigenvalue weighted by molar-refractivity contribution is -0.123. The number of methoxy groups -OCH3 is 1. The molecular weight excluding hydrogens is 406 g/mol. The molecule has 8 nitrogen and oxygen atoms in total. The van der Waals surface area contributed by atoms with Crippen molar-refractivity contribution in [2.24, 2.45) is 11.7 Å². The Morgan fingerprint density at radius 3 is 2.62 bits per heavy atom. The molecule has 1 fully saturated rings. The monoisotopic (exact) mass is 435 g/mol. The van der Waals surface area contributed by atoms with Gasteiger partial charge in [0.15, 0.2) is 0 Å².